The van der Waals surface area contributed by atoms with Crippen LogP contribution in [0.2, 0.25) is 0 Å². The van der Waals surface area contributed by atoms with Gasteiger partial charge in [-0.1, -0.05) is 0 Å². The Balaban J connectivity index is 2.29. The molecule has 0 atom stereocenters. The minimum atomic E-state index is -4.42. The van der Waals surface area contributed by atoms with Crippen LogP contribution in [0.25, 0.3) is 0 Å². The summed E-state index contributed by atoms with van der Waals surface area (Å²) in [5.74, 6) is 0.556. The van der Waals surface area contributed by atoms with Crippen LogP contribution in [-0.2, 0) is 12.7 Å². The maximum atomic E-state index is 12.7. The number of halogens is 3. The molecule has 0 radical (unpaired) electrons. The van der Waals surface area contributed by atoms with E-state index in [0.717, 1.165) is 11.8 Å². The number of nitrogens with one attached hydrogen (secondary N) is 1. The molecule has 0 bridgehead atoms. The number of rotatable bonds is 3. The Morgan fingerprint density at radius 1 is 1.32 bits per heavy atom. The van der Waals surface area contributed by atoms with Crippen molar-refractivity contribution in [2.24, 2.45) is 5.73 Å². The standard InChI is InChI=1S/C12H12F3N3O/c1-7-4-11(18-17-7)19-9-2-3-10(12(13,14)15)8(5-9)6-16/h2-5H,6,16H2,1H3,(H,17,18). The third-order valence-electron chi connectivity index (χ3n) is 2.51. The molecule has 0 saturated carbocycles. The number of alkyl halides is 3. The van der Waals surface area contributed by atoms with Gasteiger partial charge in [0.1, 0.15) is 5.75 Å². The van der Waals surface area contributed by atoms with Gasteiger partial charge in [0.25, 0.3) is 0 Å². The van der Waals surface area contributed by atoms with Crippen LogP contribution in [0, 0.1) is 6.92 Å². The van der Waals surface area contributed by atoms with Gasteiger partial charge in [0, 0.05) is 18.3 Å². The first kappa shape index (κ1) is 13.4. The summed E-state index contributed by atoms with van der Waals surface area (Å²) in [6.45, 7) is 1.57. The predicted molar refractivity (Wildman–Crippen MR) is 62.7 cm³/mol. The quantitative estimate of drug-likeness (QED) is 0.902. The topological polar surface area (TPSA) is 63.9 Å². The fraction of sp³-hybridized carbons (Fsp3) is 0.250. The summed E-state index contributed by atoms with van der Waals surface area (Å²) < 4.78 is 43.4. The molecule has 1 aromatic carbocycles. The molecule has 0 aliphatic carbocycles. The lowest BCUT2D eigenvalue weighted by Gasteiger charge is -2.12. The summed E-state index contributed by atoms with van der Waals surface area (Å²) in [6.07, 6.45) is -4.42. The smallest absolute Gasteiger partial charge is 0.416 e. The number of nitrogens with zero attached hydrogens (tertiary/aromatic N) is 1. The number of aromatic nitrogens is 2. The summed E-state index contributed by atoms with van der Waals surface area (Å²) in [4.78, 5) is 0. The van der Waals surface area contributed by atoms with E-state index in [1.54, 1.807) is 13.0 Å². The fourth-order valence-electron chi connectivity index (χ4n) is 1.65. The normalized spacial score (nSPS) is 11.6. The highest BCUT2D eigenvalue weighted by Gasteiger charge is 2.33. The second kappa shape index (κ2) is 4.93. The average Bonchev–Trinajstić information content (AvgIpc) is 2.73. The number of nitrogens with two attached hydrogens (primary N) is 1. The van der Waals surface area contributed by atoms with Crippen molar-refractivity contribution in [1.82, 2.24) is 10.2 Å². The molecule has 0 saturated heterocycles. The lowest BCUT2D eigenvalue weighted by Crippen LogP contribution is -2.11. The van der Waals surface area contributed by atoms with Crippen molar-refractivity contribution in [2.75, 3.05) is 0 Å². The Morgan fingerprint density at radius 3 is 2.58 bits per heavy atom. The third kappa shape index (κ3) is 3.05. The predicted octanol–water partition coefficient (Wildman–Crippen LogP) is 2.99. The highest BCUT2D eigenvalue weighted by Crippen LogP contribution is 2.34. The first-order valence-electron chi connectivity index (χ1n) is 5.50. The van der Waals surface area contributed by atoms with Crippen LogP contribution in [0.15, 0.2) is 24.3 Å². The Bertz CT molecular complexity index is 578. The van der Waals surface area contributed by atoms with Crippen LogP contribution in [0.4, 0.5) is 13.2 Å². The van der Waals surface area contributed by atoms with Crippen LogP contribution < -0.4 is 10.5 Å². The van der Waals surface area contributed by atoms with E-state index < -0.39 is 11.7 Å². The number of aromatic amines is 1. The molecule has 0 unspecified atom stereocenters. The second-order valence-electron chi connectivity index (χ2n) is 4.01. The summed E-state index contributed by atoms with van der Waals surface area (Å²) in [6, 6.07) is 5.11. The zero-order valence-electron chi connectivity index (χ0n) is 10.1. The number of hydrogen-bond donors (Lipinski definition) is 2. The molecule has 2 rings (SSSR count). The molecule has 7 heteroatoms. The van der Waals surface area contributed by atoms with E-state index in [-0.39, 0.29) is 17.9 Å². The van der Waals surface area contributed by atoms with E-state index in [1.807, 2.05) is 0 Å². The first-order valence-corrected chi connectivity index (χ1v) is 5.50. The SMILES string of the molecule is Cc1cc(Oc2ccc(C(F)(F)F)c(CN)c2)n[nH]1. The zero-order valence-corrected chi connectivity index (χ0v) is 10.1. The Morgan fingerprint density at radius 2 is 2.05 bits per heavy atom. The summed E-state index contributed by atoms with van der Waals surface area (Å²) in [7, 11) is 0. The monoisotopic (exact) mass is 271 g/mol. The van der Waals surface area contributed by atoms with Crippen LogP contribution in [0.1, 0.15) is 16.8 Å². The summed E-state index contributed by atoms with van der Waals surface area (Å²) in [5.41, 5.74) is 5.36. The molecule has 3 N–H and O–H groups in total. The van der Waals surface area contributed by atoms with Gasteiger partial charge in [0.2, 0.25) is 5.88 Å². The minimum absolute atomic E-state index is 0.0164. The van der Waals surface area contributed by atoms with Gasteiger partial charge in [-0.3, -0.25) is 5.10 Å². The number of benzene rings is 1. The van der Waals surface area contributed by atoms with Gasteiger partial charge in [0.15, 0.2) is 0 Å². The molecule has 0 aliphatic heterocycles. The lowest BCUT2D eigenvalue weighted by molar-refractivity contribution is -0.138. The van der Waals surface area contributed by atoms with Crippen molar-refractivity contribution < 1.29 is 17.9 Å². The fourth-order valence-corrected chi connectivity index (χ4v) is 1.65. The summed E-state index contributed by atoms with van der Waals surface area (Å²) >= 11 is 0. The van der Waals surface area contributed by atoms with Crippen LogP contribution >= 0.6 is 0 Å². The molecule has 0 aliphatic rings. The van der Waals surface area contributed by atoms with Gasteiger partial charge in [-0.15, -0.1) is 5.10 Å². The van der Waals surface area contributed by atoms with E-state index in [1.165, 1.54) is 12.1 Å². The zero-order chi connectivity index (χ0) is 14.0. The number of aryl methyl sites for hydroxylation is 1. The Hall–Kier alpha value is -2.02. The third-order valence-corrected chi connectivity index (χ3v) is 2.51. The van der Waals surface area contributed by atoms with Gasteiger partial charge in [-0.2, -0.15) is 13.2 Å². The Kier molecular flexibility index (Phi) is 3.48. The minimum Gasteiger partial charge on any atom is -0.438 e. The number of hydrogen-bond acceptors (Lipinski definition) is 3. The maximum Gasteiger partial charge on any atom is 0.416 e. The molecular formula is C12H12F3N3O. The molecule has 0 amide bonds. The second-order valence-corrected chi connectivity index (χ2v) is 4.01. The van der Waals surface area contributed by atoms with Crippen molar-refractivity contribution >= 4 is 0 Å². The van der Waals surface area contributed by atoms with Gasteiger partial charge in [0.05, 0.1) is 5.56 Å². The van der Waals surface area contributed by atoms with Gasteiger partial charge < -0.3 is 10.5 Å². The van der Waals surface area contributed by atoms with E-state index in [0.29, 0.717) is 5.88 Å². The largest absolute Gasteiger partial charge is 0.438 e. The van der Waals surface area contributed by atoms with Crippen molar-refractivity contribution in [3.05, 3.63) is 41.1 Å². The molecule has 1 heterocycles. The van der Waals surface area contributed by atoms with Gasteiger partial charge in [-0.05, 0) is 30.7 Å². The molecule has 0 spiro atoms. The van der Waals surface area contributed by atoms with Crippen molar-refractivity contribution in [1.29, 1.82) is 0 Å². The molecule has 0 fully saturated rings. The van der Waals surface area contributed by atoms with E-state index in [4.69, 9.17) is 10.5 Å². The lowest BCUT2D eigenvalue weighted by atomic mass is 10.1. The molecule has 19 heavy (non-hydrogen) atoms. The van der Waals surface area contributed by atoms with Crippen molar-refractivity contribution in [3.63, 3.8) is 0 Å². The highest BCUT2D eigenvalue weighted by atomic mass is 19.4. The molecule has 4 nitrogen and oxygen atoms in total. The summed E-state index contributed by atoms with van der Waals surface area (Å²) in [5, 5.41) is 6.51. The average molecular weight is 271 g/mol. The number of H-pyrrole nitrogens is 1. The molecular weight excluding hydrogens is 259 g/mol. The van der Waals surface area contributed by atoms with E-state index >= 15 is 0 Å². The van der Waals surface area contributed by atoms with Gasteiger partial charge >= 0.3 is 6.18 Å². The van der Waals surface area contributed by atoms with Crippen LogP contribution in [0.3, 0.4) is 0 Å². The highest BCUT2D eigenvalue weighted by molar-refractivity contribution is 5.38. The van der Waals surface area contributed by atoms with Crippen molar-refractivity contribution in [3.8, 4) is 11.6 Å². The molecule has 1 aromatic heterocycles. The molecule has 2 aromatic rings. The van der Waals surface area contributed by atoms with Crippen molar-refractivity contribution in [2.45, 2.75) is 19.6 Å². The number of ether oxygens (including phenoxy) is 1. The van der Waals surface area contributed by atoms with E-state index in [2.05, 4.69) is 10.2 Å². The maximum absolute atomic E-state index is 12.7. The first-order chi connectivity index (χ1) is 8.90. The Labute approximate surface area is 107 Å². The van der Waals surface area contributed by atoms with Crippen LogP contribution in [-0.4, -0.2) is 10.2 Å². The van der Waals surface area contributed by atoms with Crippen LogP contribution in [0.5, 0.6) is 11.6 Å². The van der Waals surface area contributed by atoms with Gasteiger partial charge in [-0.25, -0.2) is 0 Å². The van der Waals surface area contributed by atoms with E-state index in [9.17, 15) is 13.2 Å². The molecule has 102 valence electrons.